The maximum absolute atomic E-state index is 12.9. The molecular formula is C18H20N6O2. The van der Waals surface area contributed by atoms with E-state index in [4.69, 9.17) is 4.74 Å². The minimum atomic E-state index is 0.0115. The van der Waals surface area contributed by atoms with Crippen LogP contribution >= 0.6 is 0 Å². The molecule has 1 aromatic carbocycles. The molecule has 1 atom stereocenters. The fourth-order valence-electron chi connectivity index (χ4n) is 3.33. The third kappa shape index (κ3) is 2.94. The smallest absolute Gasteiger partial charge is 0.254 e. The Morgan fingerprint density at radius 3 is 2.73 bits per heavy atom. The van der Waals surface area contributed by atoms with Crippen molar-refractivity contribution >= 4 is 17.2 Å². The lowest BCUT2D eigenvalue weighted by Crippen LogP contribution is -2.54. The molecule has 26 heavy (non-hydrogen) atoms. The number of carbonyl (C=O) groups is 1. The highest BCUT2D eigenvalue weighted by atomic mass is 16.5. The predicted octanol–water partition coefficient (Wildman–Crippen LogP) is 1.48. The highest BCUT2D eigenvalue weighted by Gasteiger charge is 2.28. The van der Waals surface area contributed by atoms with E-state index in [-0.39, 0.29) is 11.9 Å². The number of rotatable bonds is 3. The van der Waals surface area contributed by atoms with Gasteiger partial charge in [-0.15, -0.1) is 5.10 Å². The summed E-state index contributed by atoms with van der Waals surface area (Å²) < 4.78 is 6.76. The van der Waals surface area contributed by atoms with Crippen LogP contribution in [-0.4, -0.2) is 63.6 Å². The largest absolute Gasteiger partial charge is 0.497 e. The minimum absolute atomic E-state index is 0.0115. The molecule has 1 aliphatic rings. The van der Waals surface area contributed by atoms with Crippen molar-refractivity contribution in [3.8, 4) is 5.75 Å². The quantitative estimate of drug-likeness (QED) is 0.711. The zero-order valence-corrected chi connectivity index (χ0v) is 14.7. The summed E-state index contributed by atoms with van der Waals surface area (Å²) in [6, 6.07) is 11.6. The molecule has 0 bridgehead atoms. The van der Waals surface area contributed by atoms with Gasteiger partial charge < -0.3 is 14.5 Å². The number of hydrogen-bond acceptors (Lipinski definition) is 6. The number of tetrazole rings is 1. The predicted molar refractivity (Wildman–Crippen MR) is 96.5 cm³/mol. The van der Waals surface area contributed by atoms with Crippen LogP contribution in [0.2, 0.25) is 0 Å². The monoisotopic (exact) mass is 352 g/mol. The fourth-order valence-corrected chi connectivity index (χ4v) is 3.33. The zero-order chi connectivity index (χ0) is 18.1. The Labute approximate surface area is 151 Å². The van der Waals surface area contributed by atoms with Crippen molar-refractivity contribution in [1.29, 1.82) is 0 Å². The molecule has 1 aliphatic heterocycles. The summed E-state index contributed by atoms with van der Waals surface area (Å²) in [6.07, 6.45) is 1.71. The molecule has 1 saturated heterocycles. The molecule has 0 aliphatic carbocycles. The van der Waals surface area contributed by atoms with Gasteiger partial charge in [0.2, 0.25) is 0 Å². The number of piperazine rings is 1. The average Bonchev–Trinajstić information content (AvgIpc) is 3.15. The Morgan fingerprint density at radius 2 is 2.00 bits per heavy atom. The van der Waals surface area contributed by atoms with Crippen LogP contribution in [0, 0.1) is 0 Å². The highest BCUT2D eigenvalue weighted by Crippen LogP contribution is 2.23. The molecule has 1 amide bonds. The van der Waals surface area contributed by atoms with E-state index in [0.717, 1.165) is 24.5 Å². The topological polar surface area (TPSA) is 75.9 Å². The van der Waals surface area contributed by atoms with Gasteiger partial charge in [-0.05, 0) is 53.7 Å². The van der Waals surface area contributed by atoms with Crippen molar-refractivity contribution in [2.24, 2.45) is 0 Å². The Morgan fingerprint density at radius 1 is 1.19 bits per heavy atom. The van der Waals surface area contributed by atoms with Gasteiger partial charge >= 0.3 is 0 Å². The van der Waals surface area contributed by atoms with Crippen molar-refractivity contribution in [2.75, 3.05) is 31.6 Å². The summed E-state index contributed by atoms with van der Waals surface area (Å²) in [4.78, 5) is 17.1. The van der Waals surface area contributed by atoms with Crippen molar-refractivity contribution in [3.05, 3.63) is 48.2 Å². The van der Waals surface area contributed by atoms with Crippen LogP contribution in [-0.2, 0) is 0 Å². The van der Waals surface area contributed by atoms with Crippen LogP contribution in [0.5, 0.6) is 5.75 Å². The van der Waals surface area contributed by atoms with Gasteiger partial charge in [0.15, 0.2) is 5.65 Å². The normalized spacial score (nSPS) is 17.5. The van der Waals surface area contributed by atoms with Gasteiger partial charge in [-0.25, -0.2) is 4.52 Å². The number of hydrogen-bond donors (Lipinski definition) is 0. The molecule has 8 nitrogen and oxygen atoms in total. The number of methoxy groups -OCH3 is 1. The summed E-state index contributed by atoms with van der Waals surface area (Å²) in [6.45, 7) is 4.32. The van der Waals surface area contributed by atoms with E-state index in [9.17, 15) is 4.79 Å². The van der Waals surface area contributed by atoms with E-state index in [1.54, 1.807) is 30.0 Å². The first-order valence-electron chi connectivity index (χ1n) is 8.53. The molecule has 4 rings (SSSR count). The SMILES string of the molecule is COc1ccc(N2CCN(C(=O)c3ccn4nnnc4c3)[C@H](C)C2)cc1. The third-order valence-electron chi connectivity index (χ3n) is 4.77. The third-order valence-corrected chi connectivity index (χ3v) is 4.77. The molecule has 0 unspecified atom stereocenters. The van der Waals surface area contributed by atoms with Gasteiger partial charge in [0.05, 0.1) is 7.11 Å². The maximum atomic E-state index is 12.9. The molecule has 1 fully saturated rings. The van der Waals surface area contributed by atoms with Crippen molar-refractivity contribution in [3.63, 3.8) is 0 Å². The van der Waals surface area contributed by atoms with Gasteiger partial charge in [-0.3, -0.25) is 4.79 Å². The van der Waals surface area contributed by atoms with Crippen LogP contribution in [0.15, 0.2) is 42.6 Å². The number of amides is 1. The lowest BCUT2D eigenvalue weighted by atomic mass is 10.1. The Hall–Kier alpha value is -3.16. The summed E-state index contributed by atoms with van der Waals surface area (Å²) in [5.74, 6) is 0.853. The lowest BCUT2D eigenvalue weighted by molar-refractivity contribution is 0.0674. The van der Waals surface area contributed by atoms with Crippen molar-refractivity contribution in [2.45, 2.75) is 13.0 Å². The molecule has 0 spiro atoms. The van der Waals surface area contributed by atoms with Crippen molar-refractivity contribution in [1.82, 2.24) is 24.9 Å². The first-order valence-corrected chi connectivity index (χ1v) is 8.53. The number of nitrogens with zero attached hydrogens (tertiary/aromatic N) is 6. The van der Waals surface area contributed by atoms with E-state index in [2.05, 4.69) is 39.5 Å². The van der Waals surface area contributed by atoms with Crippen LogP contribution in [0.3, 0.4) is 0 Å². The van der Waals surface area contributed by atoms with Crippen LogP contribution in [0.4, 0.5) is 5.69 Å². The number of anilines is 1. The average molecular weight is 352 g/mol. The summed E-state index contributed by atoms with van der Waals surface area (Å²) >= 11 is 0. The second kappa shape index (κ2) is 6.62. The Bertz CT molecular complexity index is 923. The summed E-state index contributed by atoms with van der Waals surface area (Å²) in [5, 5.41) is 11.3. The molecule has 3 aromatic rings. The first kappa shape index (κ1) is 16.3. The number of aromatic nitrogens is 4. The Kier molecular flexibility index (Phi) is 4.16. The Balaban J connectivity index is 1.48. The van der Waals surface area contributed by atoms with Gasteiger partial charge in [0, 0.05) is 43.1 Å². The van der Waals surface area contributed by atoms with Crippen molar-refractivity contribution < 1.29 is 9.53 Å². The number of benzene rings is 1. The van der Waals surface area contributed by atoms with E-state index < -0.39 is 0 Å². The molecule has 8 heteroatoms. The molecule has 0 saturated carbocycles. The standard InChI is InChI=1S/C18H20N6O2/c1-13-12-22(15-3-5-16(26-2)6-4-15)9-10-23(13)18(25)14-7-8-24-17(11-14)19-20-21-24/h3-8,11,13H,9-10,12H2,1-2H3/t13-/m1/s1. The lowest BCUT2D eigenvalue weighted by Gasteiger charge is -2.41. The fraction of sp³-hybridized carbons (Fsp3) is 0.333. The maximum Gasteiger partial charge on any atom is 0.254 e. The number of ether oxygens (including phenoxy) is 1. The van der Waals surface area contributed by atoms with Gasteiger partial charge in [0.1, 0.15) is 5.75 Å². The van der Waals surface area contributed by atoms with Crippen LogP contribution in [0.25, 0.3) is 5.65 Å². The first-order chi connectivity index (χ1) is 12.7. The molecule has 2 aromatic heterocycles. The van der Waals surface area contributed by atoms with Gasteiger partial charge in [-0.2, -0.15) is 0 Å². The van der Waals surface area contributed by atoms with E-state index in [1.165, 1.54) is 0 Å². The zero-order valence-electron chi connectivity index (χ0n) is 14.7. The van der Waals surface area contributed by atoms with Crippen LogP contribution < -0.4 is 9.64 Å². The van der Waals surface area contributed by atoms with E-state index in [1.807, 2.05) is 17.0 Å². The molecule has 3 heterocycles. The molecule has 134 valence electrons. The minimum Gasteiger partial charge on any atom is -0.497 e. The number of pyridine rings is 1. The van der Waals surface area contributed by atoms with Crippen LogP contribution in [0.1, 0.15) is 17.3 Å². The number of fused-ring (bicyclic) bond motifs is 1. The molecular weight excluding hydrogens is 332 g/mol. The second-order valence-electron chi connectivity index (χ2n) is 6.39. The highest BCUT2D eigenvalue weighted by molar-refractivity contribution is 5.95. The summed E-state index contributed by atoms with van der Waals surface area (Å²) in [7, 11) is 1.66. The summed E-state index contributed by atoms with van der Waals surface area (Å²) in [5.41, 5.74) is 2.32. The van der Waals surface area contributed by atoms with E-state index in [0.29, 0.717) is 17.8 Å². The van der Waals surface area contributed by atoms with Gasteiger partial charge in [-0.1, -0.05) is 0 Å². The van der Waals surface area contributed by atoms with Gasteiger partial charge in [0.25, 0.3) is 5.91 Å². The number of carbonyl (C=O) groups excluding carboxylic acids is 1. The second-order valence-corrected chi connectivity index (χ2v) is 6.39. The van der Waals surface area contributed by atoms with E-state index >= 15 is 0 Å². The molecule has 0 radical (unpaired) electrons. The molecule has 0 N–H and O–H groups in total.